The molecule has 0 aliphatic rings. The van der Waals surface area contributed by atoms with Gasteiger partial charge in [-0.15, -0.1) is 0 Å². The van der Waals surface area contributed by atoms with E-state index < -0.39 is 0 Å². The van der Waals surface area contributed by atoms with Crippen molar-refractivity contribution in [1.82, 2.24) is 15.5 Å². The number of amides is 1. The highest BCUT2D eigenvalue weighted by Gasteiger charge is 2.22. The molecule has 3 aromatic rings. The monoisotopic (exact) mass is 321 g/mol. The van der Waals surface area contributed by atoms with Crippen molar-refractivity contribution < 1.29 is 9.32 Å². The zero-order valence-corrected chi connectivity index (χ0v) is 13.7. The lowest BCUT2D eigenvalue weighted by Crippen LogP contribution is -2.28. The summed E-state index contributed by atoms with van der Waals surface area (Å²) in [5.41, 5.74) is 2.93. The third-order valence-electron chi connectivity index (χ3n) is 3.96. The van der Waals surface area contributed by atoms with Crippen LogP contribution < -0.4 is 5.32 Å². The molecule has 0 fully saturated rings. The molecule has 0 spiro atoms. The van der Waals surface area contributed by atoms with Crippen molar-refractivity contribution in [1.29, 1.82) is 0 Å². The van der Waals surface area contributed by atoms with E-state index in [0.717, 1.165) is 5.56 Å². The molecule has 3 rings (SSSR count). The lowest BCUT2D eigenvalue weighted by Gasteiger charge is -2.13. The van der Waals surface area contributed by atoms with Crippen molar-refractivity contribution in [3.63, 3.8) is 0 Å². The number of aryl methyl sites for hydroxylation is 1. The standard InChI is InChI=1S/C19H19N3O2/c1-13(15-7-4-3-5-8-15)11-21-19(23)17-14(2)24-22-18(17)16-9-6-10-20-12-16/h3-10,12-13H,11H2,1-2H3,(H,21,23)/t13-/m0/s1. The van der Waals surface area contributed by atoms with Gasteiger partial charge in [-0.05, 0) is 30.5 Å². The highest BCUT2D eigenvalue weighted by Crippen LogP contribution is 2.24. The molecule has 0 bridgehead atoms. The molecule has 2 heterocycles. The summed E-state index contributed by atoms with van der Waals surface area (Å²) in [5, 5.41) is 6.99. The third kappa shape index (κ3) is 3.35. The Kier molecular flexibility index (Phi) is 4.70. The van der Waals surface area contributed by atoms with Crippen molar-refractivity contribution in [3.8, 4) is 11.3 Å². The van der Waals surface area contributed by atoms with Crippen molar-refractivity contribution >= 4 is 5.91 Å². The SMILES string of the molecule is Cc1onc(-c2cccnc2)c1C(=O)NC[C@H](C)c1ccccc1. The number of hydrogen-bond acceptors (Lipinski definition) is 4. The number of carbonyl (C=O) groups excluding carboxylic acids is 1. The molecule has 0 unspecified atom stereocenters. The van der Waals surface area contributed by atoms with E-state index in [0.29, 0.717) is 23.6 Å². The van der Waals surface area contributed by atoms with Gasteiger partial charge in [-0.25, -0.2) is 0 Å². The van der Waals surface area contributed by atoms with Gasteiger partial charge in [0.1, 0.15) is 17.0 Å². The molecule has 1 aromatic carbocycles. The van der Waals surface area contributed by atoms with Gasteiger partial charge in [0.25, 0.3) is 5.91 Å². The molecular weight excluding hydrogens is 302 g/mol. The Bertz CT molecular complexity index is 813. The molecule has 2 aromatic heterocycles. The van der Waals surface area contributed by atoms with E-state index in [1.165, 1.54) is 5.56 Å². The minimum absolute atomic E-state index is 0.185. The maximum Gasteiger partial charge on any atom is 0.257 e. The summed E-state index contributed by atoms with van der Waals surface area (Å²) in [6, 6.07) is 13.8. The predicted molar refractivity (Wildman–Crippen MR) is 91.7 cm³/mol. The van der Waals surface area contributed by atoms with Gasteiger partial charge in [0.2, 0.25) is 0 Å². The van der Waals surface area contributed by atoms with Crippen LogP contribution >= 0.6 is 0 Å². The smallest absolute Gasteiger partial charge is 0.257 e. The van der Waals surface area contributed by atoms with Crippen LogP contribution in [-0.2, 0) is 0 Å². The molecule has 0 radical (unpaired) electrons. The number of pyridine rings is 1. The average molecular weight is 321 g/mol. The summed E-state index contributed by atoms with van der Waals surface area (Å²) in [6.07, 6.45) is 3.35. The fourth-order valence-electron chi connectivity index (χ4n) is 2.57. The number of nitrogens with one attached hydrogen (secondary N) is 1. The zero-order chi connectivity index (χ0) is 16.9. The second kappa shape index (κ2) is 7.08. The predicted octanol–water partition coefficient (Wildman–Crippen LogP) is 3.58. The Hall–Kier alpha value is -2.95. The van der Waals surface area contributed by atoms with E-state index in [1.54, 1.807) is 25.4 Å². The summed E-state index contributed by atoms with van der Waals surface area (Å²) in [4.78, 5) is 16.7. The molecule has 24 heavy (non-hydrogen) atoms. The number of carbonyl (C=O) groups is 1. The largest absolute Gasteiger partial charge is 0.360 e. The molecule has 1 atom stereocenters. The lowest BCUT2D eigenvalue weighted by atomic mass is 10.0. The first-order chi connectivity index (χ1) is 11.7. The maximum absolute atomic E-state index is 12.6. The van der Waals surface area contributed by atoms with Gasteiger partial charge >= 0.3 is 0 Å². The van der Waals surface area contributed by atoms with Crippen LogP contribution in [0.4, 0.5) is 0 Å². The van der Waals surface area contributed by atoms with Crippen LogP contribution in [0.2, 0.25) is 0 Å². The molecule has 122 valence electrons. The normalized spacial score (nSPS) is 11.9. The molecule has 1 amide bonds. The maximum atomic E-state index is 12.6. The fourth-order valence-corrected chi connectivity index (χ4v) is 2.57. The second-order valence-corrected chi connectivity index (χ2v) is 5.73. The van der Waals surface area contributed by atoms with E-state index >= 15 is 0 Å². The average Bonchev–Trinajstić information content (AvgIpc) is 3.02. The third-order valence-corrected chi connectivity index (χ3v) is 3.96. The first kappa shape index (κ1) is 15.9. The molecular formula is C19H19N3O2. The van der Waals surface area contributed by atoms with E-state index in [2.05, 4.69) is 34.5 Å². The van der Waals surface area contributed by atoms with Gasteiger partial charge in [-0.2, -0.15) is 0 Å². The van der Waals surface area contributed by atoms with E-state index in [1.807, 2.05) is 24.3 Å². The molecule has 1 N–H and O–H groups in total. The minimum atomic E-state index is -0.185. The van der Waals surface area contributed by atoms with Gasteiger partial charge in [0, 0.05) is 24.5 Å². The number of rotatable bonds is 5. The molecule has 0 saturated heterocycles. The summed E-state index contributed by atoms with van der Waals surface area (Å²) in [6.45, 7) is 4.36. The van der Waals surface area contributed by atoms with Crippen LogP contribution in [0.15, 0.2) is 59.4 Å². The van der Waals surface area contributed by atoms with Crippen molar-refractivity contribution in [2.24, 2.45) is 0 Å². The highest BCUT2D eigenvalue weighted by atomic mass is 16.5. The first-order valence-electron chi connectivity index (χ1n) is 7.86. The lowest BCUT2D eigenvalue weighted by molar-refractivity contribution is 0.0950. The fraction of sp³-hybridized carbons (Fsp3) is 0.211. The Labute approximate surface area is 140 Å². The van der Waals surface area contributed by atoms with E-state index in [9.17, 15) is 4.79 Å². The Morgan fingerprint density at radius 1 is 1.21 bits per heavy atom. The highest BCUT2D eigenvalue weighted by molar-refractivity contribution is 6.00. The molecule has 0 saturated carbocycles. The van der Waals surface area contributed by atoms with Gasteiger partial charge in [-0.3, -0.25) is 9.78 Å². The van der Waals surface area contributed by atoms with Gasteiger partial charge < -0.3 is 9.84 Å². The van der Waals surface area contributed by atoms with Crippen LogP contribution in [0.3, 0.4) is 0 Å². The topological polar surface area (TPSA) is 68.0 Å². The number of nitrogens with zero attached hydrogens (tertiary/aromatic N) is 2. The van der Waals surface area contributed by atoms with Gasteiger partial charge in [0.15, 0.2) is 0 Å². The van der Waals surface area contributed by atoms with Gasteiger partial charge in [0.05, 0.1) is 0 Å². The summed E-state index contributed by atoms with van der Waals surface area (Å²) in [7, 11) is 0. The van der Waals surface area contributed by atoms with Crippen molar-refractivity contribution in [2.75, 3.05) is 6.54 Å². The molecule has 0 aliphatic heterocycles. The van der Waals surface area contributed by atoms with Crippen LogP contribution in [-0.4, -0.2) is 22.6 Å². The minimum Gasteiger partial charge on any atom is -0.360 e. The summed E-state index contributed by atoms with van der Waals surface area (Å²) >= 11 is 0. The van der Waals surface area contributed by atoms with Crippen LogP contribution in [0.5, 0.6) is 0 Å². The Morgan fingerprint density at radius 2 is 2.00 bits per heavy atom. The van der Waals surface area contributed by atoms with E-state index in [-0.39, 0.29) is 11.8 Å². The van der Waals surface area contributed by atoms with Crippen LogP contribution in [0, 0.1) is 6.92 Å². The van der Waals surface area contributed by atoms with Crippen molar-refractivity contribution in [2.45, 2.75) is 19.8 Å². The molecule has 5 nitrogen and oxygen atoms in total. The second-order valence-electron chi connectivity index (χ2n) is 5.73. The molecule has 0 aliphatic carbocycles. The number of aromatic nitrogens is 2. The quantitative estimate of drug-likeness (QED) is 0.780. The number of hydrogen-bond donors (Lipinski definition) is 1. The van der Waals surface area contributed by atoms with Crippen molar-refractivity contribution in [3.05, 3.63) is 71.7 Å². The van der Waals surface area contributed by atoms with Crippen LogP contribution in [0.25, 0.3) is 11.3 Å². The Balaban J connectivity index is 1.75. The van der Waals surface area contributed by atoms with Gasteiger partial charge in [-0.1, -0.05) is 42.4 Å². The Morgan fingerprint density at radius 3 is 2.71 bits per heavy atom. The summed E-state index contributed by atoms with van der Waals surface area (Å²) < 4.78 is 5.22. The zero-order valence-electron chi connectivity index (χ0n) is 13.7. The summed E-state index contributed by atoms with van der Waals surface area (Å²) in [5.74, 6) is 0.534. The molecule has 5 heteroatoms. The first-order valence-corrected chi connectivity index (χ1v) is 7.86. The number of benzene rings is 1. The van der Waals surface area contributed by atoms with Crippen LogP contribution in [0.1, 0.15) is 34.5 Å². The van der Waals surface area contributed by atoms with E-state index in [4.69, 9.17) is 4.52 Å².